The summed E-state index contributed by atoms with van der Waals surface area (Å²) in [5.74, 6) is 6.83. The van der Waals surface area contributed by atoms with E-state index in [0.29, 0.717) is 19.0 Å². The summed E-state index contributed by atoms with van der Waals surface area (Å²) >= 11 is 1.60. The minimum atomic E-state index is -3.11. The van der Waals surface area contributed by atoms with Gasteiger partial charge >= 0.3 is 0 Å². The summed E-state index contributed by atoms with van der Waals surface area (Å²) in [6, 6.07) is 1.91. The van der Waals surface area contributed by atoms with Gasteiger partial charge < -0.3 is 4.74 Å². The van der Waals surface area contributed by atoms with Crippen LogP contribution in [0.1, 0.15) is 30.2 Å². The number of hydrazine groups is 1. The molecule has 1 aromatic heterocycles. The van der Waals surface area contributed by atoms with Crippen molar-refractivity contribution in [2.24, 2.45) is 11.8 Å². The molecule has 3 N–H and O–H groups in total. The first kappa shape index (κ1) is 16.7. The molecular weight excluding hydrogens is 310 g/mol. The van der Waals surface area contributed by atoms with Crippen LogP contribution in [0, 0.1) is 5.92 Å². The number of hydrogen-bond acceptors (Lipinski definition) is 6. The molecule has 0 amide bonds. The molecule has 0 aliphatic carbocycles. The lowest BCUT2D eigenvalue weighted by Crippen LogP contribution is -2.41. The molecule has 21 heavy (non-hydrogen) atoms. The van der Waals surface area contributed by atoms with Crippen LogP contribution in [0.15, 0.2) is 11.4 Å². The van der Waals surface area contributed by atoms with Crippen molar-refractivity contribution in [3.8, 4) is 5.75 Å². The summed E-state index contributed by atoms with van der Waals surface area (Å²) in [7, 11) is -1.46. The zero-order chi connectivity index (χ0) is 15.5. The number of piperidine rings is 1. The summed E-state index contributed by atoms with van der Waals surface area (Å²) < 4.78 is 30.3. The molecule has 1 aromatic rings. The van der Waals surface area contributed by atoms with Gasteiger partial charge in [-0.3, -0.25) is 11.3 Å². The van der Waals surface area contributed by atoms with Crippen LogP contribution >= 0.6 is 11.3 Å². The third kappa shape index (κ3) is 4.17. The fraction of sp³-hybridized carbons (Fsp3) is 0.692. The molecule has 1 saturated heterocycles. The predicted octanol–water partition coefficient (Wildman–Crippen LogP) is 1.32. The Balaban J connectivity index is 2.05. The van der Waals surface area contributed by atoms with Gasteiger partial charge in [-0.1, -0.05) is 0 Å². The van der Waals surface area contributed by atoms with E-state index < -0.39 is 10.0 Å². The van der Waals surface area contributed by atoms with Gasteiger partial charge in [0.1, 0.15) is 5.75 Å². The Morgan fingerprint density at radius 2 is 2.38 bits per heavy atom. The average molecular weight is 333 g/mol. The molecule has 2 rings (SSSR count). The maximum atomic E-state index is 11.7. The van der Waals surface area contributed by atoms with Crippen LogP contribution in [0.25, 0.3) is 0 Å². The lowest BCUT2D eigenvalue weighted by atomic mass is 9.92. The second-order valence-electron chi connectivity index (χ2n) is 5.44. The fourth-order valence-electron chi connectivity index (χ4n) is 2.84. The van der Waals surface area contributed by atoms with Crippen molar-refractivity contribution in [2.45, 2.75) is 25.3 Å². The summed E-state index contributed by atoms with van der Waals surface area (Å²) in [6.45, 7) is 1.20. The average Bonchev–Trinajstić information content (AvgIpc) is 2.92. The number of nitrogens with two attached hydrogens (primary N) is 1. The topological polar surface area (TPSA) is 84.7 Å². The van der Waals surface area contributed by atoms with Crippen LogP contribution in [0.2, 0.25) is 0 Å². The highest BCUT2D eigenvalue weighted by Crippen LogP contribution is 2.35. The second-order valence-corrected chi connectivity index (χ2v) is 8.37. The molecule has 120 valence electrons. The van der Waals surface area contributed by atoms with Crippen molar-refractivity contribution in [2.75, 3.05) is 26.5 Å². The van der Waals surface area contributed by atoms with E-state index in [1.807, 2.05) is 11.4 Å². The Labute approximate surface area is 130 Å². The van der Waals surface area contributed by atoms with E-state index in [9.17, 15) is 8.42 Å². The van der Waals surface area contributed by atoms with Gasteiger partial charge in [0.05, 0.1) is 24.3 Å². The molecule has 2 unspecified atom stereocenters. The number of nitrogens with one attached hydrogen (secondary N) is 1. The largest absolute Gasteiger partial charge is 0.496 e. The summed E-state index contributed by atoms with van der Waals surface area (Å²) in [6.07, 6.45) is 4.00. The molecule has 1 aliphatic rings. The third-order valence-electron chi connectivity index (χ3n) is 3.91. The van der Waals surface area contributed by atoms with Gasteiger partial charge in [-0.25, -0.2) is 12.7 Å². The van der Waals surface area contributed by atoms with Gasteiger partial charge in [0.25, 0.3) is 0 Å². The summed E-state index contributed by atoms with van der Waals surface area (Å²) in [4.78, 5) is 1.07. The molecule has 0 bridgehead atoms. The van der Waals surface area contributed by atoms with E-state index in [0.717, 1.165) is 29.9 Å². The van der Waals surface area contributed by atoms with E-state index in [1.165, 1.54) is 6.26 Å². The number of ether oxygens (including phenoxy) is 1. The minimum absolute atomic E-state index is 0.00976. The Kier molecular flexibility index (Phi) is 5.61. The highest BCUT2D eigenvalue weighted by Gasteiger charge is 2.29. The molecule has 2 heterocycles. The number of hydrogen-bond donors (Lipinski definition) is 2. The van der Waals surface area contributed by atoms with Gasteiger partial charge in [-0.05, 0) is 36.6 Å². The predicted molar refractivity (Wildman–Crippen MR) is 84.7 cm³/mol. The maximum Gasteiger partial charge on any atom is 0.211 e. The third-order valence-corrected chi connectivity index (χ3v) is 6.20. The van der Waals surface area contributed by atoms with Gasteiger partial charge in [0.15, 0.2) is 0 Å². The lowest BCUT2D eigenvalue weighted by Gasteiger charge is -2.32. The molecule has 0 radical (unpaired) electrons. The molecule has 0 saturated carbocycles. The van der Waals surface area contributed by atoms with E-state index in [1.54, 1.807) is 22.8 Å². The summed E-state index contributed by atoms with van der Waals surface area (Å²) in [5.41, 5.74) is 2.84. The van der Waals surface area contributed by atoms with Crippen LogP contribution in [-0.4, -0.2) is 39.2 Å². The zero-order valence-electron chi connectivity index (χ0n) is 12.4. The molecule has 0 spiro atoms. The summed E-state index contributed by atoms with van der Waals surface area (Å²) in [5, 5.41) is 1.97. The van der Waals surface area contributed by atoms with Crippen LogP contribution in [0.5, 0.6) is 5.75 Å². The zero-order valence-corrected chi connectivity index (χ0v) is 14.0. The number of methoxy groups -OCH3 is 1. The van der Waals surface area contributed by atoms with Crippen LogP contribution in [0.4, 0.5) is 0 Å². The van der Waals surface area contributed by atoms with Crippen LogP contribution in [0.3, 0.4) is 0 Å². The number of nitrogens with zero attached hydrogens (tertiary/aromatic N) is 1. The lowest BCUT2D eigenvalue weighted by molar-refractivity contribution is 0.238. The van der Waals surface area contributed by atoms with Gasteiger partial charge in [0.2, 0.25) is 10.0 Å². The SMILES string of the molecule is COc1ccsc1C(CC1CCCN(S(C)(=O)=O)C1)NN. The fourth-order valence-corrected chi connectivity index (χ4v) is 4.71. The van der Waals surface area contributed by atoms with Gasteiger partial charge in [-0.15, -0.1) is 11.3 Å². The van der Waals surface area contributed by atoms with E-state index in [-0.39, 0.29) is 6.04 Å². The number of thiophene rings is 1. The Hall–Kier alpha value is -0.670. The first-order valence-electron chi connectivity index (χ1n) is 6.98. The first-order valence-corrected chi connectivity index (χ1v) is 9.71. The minimum Gasteiger partial charge on any atom is -0.496 e. The molecule has 2 atom stereocenters. The highest BCUT2D eigenvalue weighted by molar-refractivity contribution is 7.88. The smallest absolute Gasteiger partial charge is 0.211 e. The van der Waals surface area contributed by atoms with Crippen molar-refractivity contribution in [1.29, 1.82) is 0 Å². The number of rotatable bonds is 6. The van der Waals surface area contributed by atoms with Crippen molar-refractivity contribution in [3.63, 3.8) is 0 Å². The van der Waals surface area contributed by atoms with Crippen molar-refractivity contribution in [3.05, 3.63) is 16.3 Å². The van der Waals surface area contributed by atoms with E-state index in [4.69, 9.17) is 10.6 Å². The highest BCUT2D eigenvalue weighted by atomic mass is 32.2. The van der Waals surface area contributed by atoms with E-state index >= 15 is 0 Å². The first-order chi connectivity index (χ1) is 9.95. The van der Waals surface area contributed by atoms with Crippen LogP contribution in [-0.2, 0) is 10.0 Å². The Bertz CT molecular complexity index is 559. The maximum absolute atomic E-state index is 11.7. The van der Waals surface area contributed by atoms with Gasteiger partial charge in [0, 0.05) is 13.1 Å². The molecule has 1 fully saturated rings. The van der Waals surface area contributed by atoms with Crippen molar-refractivity contribution in [1.82, 2.24) is 9.73 Å². The monoisotopic (exact) mass is 333 g/mol. The Morgan fingerprint density at radius 1 is 1.62 bits per heavy atom. The Morgan fingerprint density at radius 3 is 3.00 bits per heavy atom. The van der Waals surface area contributed by atoms with Gasteiger partial charge in [-0.2, -0.15) is 0 Å². The molecular formula is C13H23N3O3S2. The molecule has 8 heteroatoms. The standard InChI is InChI=1S/C13H23N3O3S2/c1-19-12-5-7-20-13(12)11(15-14)8-10-4-3-6-16(9-10)21(2,17)18/h5,7,10-11,15H,3-4,6,8-9,14H2,1-2H3. The second kappa shape index (κ2) is 7.06. The number of sulfonamides is 1. The quantitative estimate of drug-likeness (QED) is 0.606. The van der Waals surface area contributed by atoms with Crippen molar-refractivity contribution < 1.29 is 13.2 Å². The normalized spacial score (nSPS) is 22.1. The molecule has 1 aliphatic heterocycles. The molecule has 0 aromatic carbocycles. The van der Waals surface area contributed by atoms with Crippen molar-refractivity contribution >= 4 is 21.4 Å². The molecule has 6 nitrogen and oxygen atoms in total. The van der Waals surface area contributed by atoms with E-state index in [2.05, 4.69) is 5.43 Å². The van der Waals surface area contributed by atoms with Crippen LogP contribution < -0.4 is 16.0 Å².